The van der Waals surface area contributed by atoms with Crippen LogP contribution in [0.2, 0.25) is 0 Å². The van der Waals surface area contributed by atoms with Gasteiger partial charge in [-0.25, -0.2) is 19.7 Å². The molecule has 3 heterocycles. The number of ether oxygens (including phenoxy) is 1. The molecule has 1 fully saturated rings. The van der Waals surface area contributed by atoms with E-state index in [1.807, 2.05) is 48.8 Å². The number of pyridine rings is 1. The zero-order chi connectivity index (χ0) is 28.0. The number of alkyl carbamates (subject to hydrolysis) is 1. The standard InChI is InChI=1S/C28H36N8O3/c1-28(2,3)39-27(38)33-18-25(37)34(4)19-20-6-5-7-21(14-20)22-15-31-26(32-16-22)36-12-10-35(11-13-36)23-8-9-24(29)30-17-23/h5-9,14-17H,10-13,18-19H2,1-4H3,(H2,29,30)(H,33,38). The molecule has 0 radical (unpaired) electrons. The topological polar surface area (TPSA) is 130 Å². The molecule has 0 unspecified atom stereocenters. The molecule has 39 heavy (non-hydrogen) atoms. The van der Waals surface area contributed by atoms with Crippen molar-refractivity contribution in [3.8, 4) is 11.1 Å². The zero-order valence-electron chi connectivity index (χ0n) is 22.9. The Labute approximate surface area is 229 Å². The van der Waals surface area contributed by atoms with Crippen LogP contribution in [0.25, 0.3) is 11.1 Å². The molecule has 3 aromatic rings. The van der Waals surface area contributed by atoms with E-state index in [9.17, 15) is 9.59 Å². The van der Waals surface area contributed by atoms with Crippen LogP contribution < -0.4 is 20.9 Å². The smallest absolute Gasteiger partial charge is 0.408 e. The first-order valence-electron chi connectivity index (χ1n) is 12.9. The van der Waals surface area contributed by atoms with Crippen LogP contribution in [0.4, 0.5) is 22.2 Å². The van der Waals surface area contributed by atoms with Crippen LogP contribution in [-0.4, -0.2) is 77.2 Å². The van der Waals surface area contributed by atoms with Crippen LogP contribution in [0.15, 0.2) is 55.0 Å². The predicted octanol–water partition coefficient (Wildman–Crippen LogP) is 2.93. The van der Waals surface area contributed by atoms with Crippen LogP contribution in [0.5, 0.6) is 0 Å². The lowest BCUT2D eigenvalue weighted by atomic mass is 10.1. The monoisotopic (exact) mass is 532 g/mol. The molecule has 11 heteroatoms. The fraction of sp³-hybridized carbons (Fsp3) is 0.393. The number of rotatable bonds is 7. The van der Waals surface area contributed by atoms with Gasteiger partial charge < -0.3 is 30.5 Å². The maximum atomic E-state index is 12.5. The Morgan fingerprint density at radius 2 is 1.67 bits per heavy atom. The van der Waals surface area contributed by atoms with Gasteiger partial charge in [-0.05, 0) is 50.1 Å². The molecule has 11 nitrogen and oxygen atoms in total. The second-order valence-corrected chi connectivity index (χ2v) is 10.5. The molecule has 1 aliphatic heterocycles. The van der Waals surface area contributed by atoms with Gasteiger partial charge in [0.05, 0.1) is 11.9 Å². The van der Waals surface area contributed by atoms with E-state index in [1.165, 1.54) is 0 Å². The van der Waals surface area contributed by atoms with Gasteiger partial charge in [-0.15, -0.1) is 0 Å². The first kappa shape index (κ1) is 27.6. The van der Waals surface area contributed by atoms with Gasteiger partial charge in [-0.3, -0.25) is 4.79 Å². The normalized spacial score (nSPS) is 13.6. The number of piperazine rings is 1. The summed E-state index contributed by atoms with van der Waals surface area (Å²) in [6, 6.07) is 11.7. The van der Waals surface area contributed by atoms with Gasteiger partial charge in [0.25, 0.3) is 0 Å². The fourth-order valence-electron chi connectivity index (χ4n) is 4.19. The minimum absolute atomic E-state index is 0.133. The van der Waals surface area contributed by atoms with Gasteiger partial charge in [0.2, 0.25) is 11.9 Å². The summed E-state index contributed by atoms with van der Waals surface area (Å²) in [6.07, 6.45) is 4.85. The zero-order valence-corrected chi connectivity index (χ0v) is 22.9. The number of aromatic nitrogens is 3. The van der Waals surface area contributed by atoms with E-state index in [1.54, 1.807) is 38.9 Å². The number of nitrogens with two attached hydrogens (primary N) is 1. The van der Waals surface area contributed by atoms with Gasteiger partial charge in [-0.1, -0.05) is 18.2 Å². The minimum Gasteiger partial charge on any atom is -0.444 e. The molecule has 0 aliphatic carbocycles. The Bertz CT molecular complexity index is 1270. The summed E-state index contributed by atoms with van der Waals surface area (Å²) in [5, 5.41) is 2.50. The molecular formula is C28H36N8O3. The highest BCUT2D eigenvalue weighted by atomic mass is 16.6. The SMILES string of the molecule is CN(Cc1cccc(-c2cnc(N3CCN(c4ccc(N)nc4)CC3)nc2)c1)C(=O)CNC(=O)OC(C)(C)C. The number of nitrogens with one attached hydrogen (secondary N) is 1. The van der Waals surface area contributed by atoms with Crippen LogP contribution >= 0.6 is 0 Å². The molecule has 0 spiro atoms. The maximum Gasteiger partial charge on any atom is 0.408 e. The molecule has 3 N–H and O–H groups in total. The fourth-order valence-corrected chi connectivity index (χ4v) is 4.19. The Morgan fingerprint density at radius 1 is 0.974 bits per heavy atom. The van der Waals surface area contributed by atoms with Crippen LogP contribution in [0.1, 0.15) is 26.3 Å². The van der Waals surface area contributed by atoms with Crippen LogP contribution in [0.3, 0.4) is 0 Å². The maximum absolute atomic E-state index is 12.5. The van der Waals surface area contributed by atoms with Crippen molar-refractivity contribution in [3.05, 3.63) is 60.6 Å². The van der Waals surface area contributed by atoms with Crippen molar-refractivity contribution in [2.75, 3.05) is 55.3 Å². The number of amides is 2. The first-order valence-corrected chi connectivity index (χ1v) is 12.9. The van der Waals surface area contributed by atoms with Gasteiger partial charge in [0.15, 0.2) is 0 Å². The molecular weight excluding hydrogens is 496 g/mol. The lowest BCUT2D eigenvalue weighted by molar-refractivity contribution is -0.129. The number of hydrogen-bond donors (Lipinski definition) is 2. The van der Waals surface area contributed by atoms with Crippen molar-refractivity contribution in [3.63, 3.8) is 0 Å². The summed E-state index contributed by atoms with van der Waals surface area (Å²) in [5.41, 5.74) is 8.96. The Balaban J connectivity index is 1.30. The van der Waals surface area contributed by atoms with Crippen LogP contribution in [0, 0.1) is 0 Å². The summed E-state index contributed by atoms with van der Waals surface area (Å²) < 4.78 is 5.18. The van der Waals surface area contributed by atoms with Gasteiger partial charge >= 0.3 is 6.09 Å². The number of nitrogens with zero attached hydrogens (tertiary/aromatic N) is 6. The number of likely N-dealkylation sites (N-methyl/N-ethyl adjacent to an activating group) is 1. The van der Waals surface area contributed by atoms with Crippen molar-refractivity contribution >= 4 is 29.5 Å². The highest BCUT2D eigenvalue weighted by molar-refractivity contribution is 5.82. The third kappa shape index (κ3) is 7.79. The van der Waals surface area contributed by atoms with Gasteiger partial charge in [-0.2, -0.15) is 0 Å². The highest BCUT2D eigenvalue weighted by Gasteiger charge is 2.20. The van der Waals surface area contributed by atoms with E-state index >= 15 is 0 Å². The van der Waals surface area contributed by atoms with Gasteiger partial charge in [0.1, 0.15) is 18.0 Å². The summed E-state index contributed by atoms with van der Waals surface area (Å²) in [5.74, 6) is 1.00. The van der Waals surface area contributed by atoms with Crippen molar-refractivity contribution in [2.45, 2.75) is 32.9 Å². The number of hydrogen-bond acceptors (Lipinski definition) is 9. The number of anilines is 3. The second kappa shape index (κ2) is 12.0. The molecule has 2 amide bonds. The quantitative estimate of drug-likeness (QED) is 0.472. The molecule has 206 valence electrons. The molecule has 1 saturated heterocycles. The summed E-state index contributed by atoms with van der Waals surface area (Å²) in [7, 11) is 1.70. The summed E-state index contributed by atoms with van der Waals surface area (Å²) >= 11 is 0. The predicted molar refractivity (Wildman–Crippen MR) is 151 cm³/mol. The number of nitrogen functional groups attached to an aromatic ring is 1. The molecule has 2 aromatic heterocycles. The molecule has 4 rings (SSSR count). The number of carbonyl (C=O) groups is 2. The largest absolute Gasteiger partial charge is 0.444 e. The minimum atomic E-state index is -0.619. The lowest BCUT2D eigenvalue weighted by Gasteiger charge is -2.35. The van der Waals surface area contributed by atoms with E-state index in [4.69, 9.17) is 10.5 Å². The van der Waals surface area contributed by atoms with E-state index in [0.29, 0.717) is 18.3 Å². The van der Waals surface area contributed by atoms with Crippen LogP contribution in [-0.2, 0) is 16.1 Å². The van der Waals surface area contributed by atoms with E-state index in [2.05, 4.69) is 30.1 Å². The van der Waals surface area contributed by atoms with Crippen molar-refractivity contribution in [1.29, 1.82) is 0 Å². The number of carbonyl (C=O) groups excluding carboxylic acids is 2. The van der Waals surface area contributed by atoms with Gasteiger partial charge in [0, 0.05) is 57.7 Å². The molecule has 0 saturated carbocycles. The molecule has 1 aromatic carbocycles. The number of benzene rings is 1. The van der Waals surface area contributed by atoms with E-state index < -0.39 is 11.7 Å². The lowest BCUT2D eigenvalue weighted by Crippen LogP contribution is -2.47. The van der Waals surface area contributed by atoms with Crippen molar-refractivity contribution < 1.29 is 14.3 Å². The third-order valence-electron chi connectivity index (χ3n) is 6.23. The molecule has 1 aliphatic rings. The first-order chi connectivity index (χ1) is 18.6. The average Bonchev–Trinajstić information content (AvgIpc) is 2.91. The van der Waals surface area contributed by atoms with Crippen molar-refractivity contribution in [2.24, 2.45) is 0 Å². The highest BCUT2D eigenvalue weighted by Crippen LogP contribution is 2.22. The third-order valence-corrected chi connectivity index (χ3v) is 6.23. The Morgan fingerprint density at radius 3 is 2.31 bits per heavy atom. The average molecular weight is 533 g/mol. The molecule has 0 bridgehead atoms. The van der Waals surface area contributed by atoms with E-state index in [-0.39, 0.29) is 12.5 Å². The Kier molecular flexibility index (Phi) is 8.48. The van der Waals surface area contributed by atoms with Crippen molar-refractivity contribution in [1.82, 2.24) is 25.2 Å². The summed E-state index contributed by atoms with van der Waals surface area (Å²) in [6.45, 7) is 8.89. The van der Waals surface area contributed by atoms with E-state index in [0.717, 1.165) is 48.6 Å². The Hall–Kier alpha value is -4.41. The molecule has 0 atom stereocenters. The second-order valence-electron chi connectivity index (χ2n) is 10.5. The summed E-state index contributed by atoms with van der Waals surface area (Å²) in [4.78, 5) is 43.8.